The fraction of sp³-hybridized carbons (Fsp3) is 0.375. The van der Waals surface area contributed by atoms with Crippen LogP contribution in [-0.4, -0.2) is 17.7 Å². The van der Waals surface area contributed by atoms with E-state index in [1.54, 1.807) is 0 Å². The second kappa shape index (κ2) is 4.89. The Bertz CT molecular complexity index is 508. The first-order valence-corrected chi connectivity index (χ1v) is 6.83. The van der Waals surface area contributed by atoms with Gasteiger partial charge < -0.3 is 9.47 Å². The Balaban J connectivity index is 1.89. The predicted octanol–water partition coefficient (Wildman–Crippen LogP) is 3.78. The molecule has 0 spiro atoms. The van der Waals surface area contributed by atoms with E-state index >= 15 is 0 Å². The summed E-state index contributed by atoms with van der Waals surface area (Å²) in [4.78, 5) is 2.53. The molecule has 1 saturated heterocycles. The molecule has 1 aromatic heterocycles. The molecule has 2 nitrogen and oxygen atoms in total. The first-order valence-electron chi connectivity index (χ1n) is 6.83. The maximum Gasteiger partial charge on any atom is 0.0453 e. The number of hydrogen-bond acceptors (Lipinski definition) is 1. The van der Waals surface area contributed by atoms with E-state index in [1.807, 2.05) is 0 Å². The van der Waals surface area contributed by atoms with E-state index in [-0.39, 0.29) is 0 Å². The van der Waals surface area contributed by atoms with Crippen molar-refractivity contribution in [1.29, 1.82) is 0 Å². The Labute approximate surface area is 109 Å². The van der Waals surface area contributed by atoms with Crippen LogP contribution in [0, 0.1) is 6.92 Å². The van der Waals surface area contributed by atoms with Crippen LogP contribution in [0.15, 0.2) is 42.7 Å². The van der Waals surface area contributed by atoms with E-state index in [0.29, 0.717) is 0 Å². The summed E-state index contributed by atoms with van der Waals surface area (Å²) in [5.74, 6) is 0. The first kappa shape index (κ1) is 11.4. The molecule has 18 heavy (non-hydrogen) atoms. The molecular weight excluding hydrogens is 220 g/mol. The summed E-state index contributed by atoms with van der Waals surface area (Å²) in [5.41, 5.74) is 4.03. The van der Waals surface area contributed by atoms with E-state index in [2.05, 4.69) is 59.1 Å². The summed E-state index contributed by atoms with van der Waals surface area (Å²) < 4.78 is 2.16. The molecule has 0 bridgehead atoms. The predicted molar refractivity (Wildman–Crippen MR) is 76.6 cm³/mol. The molecule has 2 aromatic rings. The van der Waals surface area contributed by atoms with Crippen LogP contribution in [0.3, 0.4) is 0 Å². The summed E-state index contributed by atoms with van der Waals surface area (Å²) in [6.45, 7) is 4.64. The van der Waals surface area contributed by atoms with Crippen LogP contribution in [0.25, 0.3) is 5.69 Å². The van der Waals surface area contributed by atoms with Gasteiger partial charge in [-0.3, -0.25) is 0 Å². The highest BCUT2D eigenvalue weighted by molar-refractivity contribution is 5.57. The van der Waals surface area contributed by atoms with Gasteiger partial charge in [0.05, 0.1) is 0 Å². The van der Waals surface area contributed by atoms with Crippen LogP contribution in [0.2, 0.25) is 0 Å². The molecule has 0 atom stereocenters. The standard InChI is InChI=1S/C16H20N2/c1-14-13-15(17-9-5-6-10-17)7-8-16(14)18-11-3-2-4-12-18/h5-10,13H,2-4,11-12H2,1H3. The fourth-order valence-corrected chi connectivity index (χ4v) is 2.80. The van der Waals surface area contributed by atoms with Gasteiger partial charge in [0.2, 0.25) is 0 Å². The number of hydrogen-bond donors (Lipinski definition) is 0. The van der Waals surface area contributed by atoms with Crippen molar-refractivity contribution in [3.8, 4) is 5.69 Å². The van der Waals surface area contributed by atoms with Crippen LogP contribution >= 0.6 is 0 Å². The third-order valence-electron chi connectivity index (χ3n) is 3.78. The number of aromatic nitrogens is 1. The molecule has 0 unspecified atom stereocenters. The Morgan fingerprint density at radius 1 is 0.944 bits per heavy atom. The highest BCUT2D eigenvalue weighted by Gasteiger charge is 2.13. The largest absolute Gasteiger partial charge is 0.371 e. The quantitative estimate of drug-likeness (QED) is 0.775. The maximum atomic E-state index is 2.53. The van der Waals surface area contributed by atoms with E-state index in [4.69, 9.17) is 0 Å². The Kier molecular flexibility index (Phi) is 3.09. The summed E-state index contributed by atoms with van der Waals surface area (Å²) in [5, 5.41) is 0. The molecule has 0 radical (unpaired) electrons. The van der Waals surface area contributed by atoms with E-state index in [9.17, 15) is 0 Å². The minimum absolute atomic E-state index is 1.21. The van der Waals surface area contributed by atoms with Crippen molar-refractivity contribution in [2.24, 2.45) is 0 Å². The molecular formula is C16H20N2. The summed E-state index contributed by atoms with van der Waals surface area (Å²) in [6.07, 6.45) is 8.24. The topological polar surface area (TPSA) is 8.17 Å². The van der Waals surface area contributed by atoms with Crippen LogP contribution < -0.4 is 4.90 Å². The number of rotatable bonds is 2. The maximum absolute atomic E-state index is 2.53. The molecule has 0 amide bonds. The fourth-order valence-electron chi connectivity index (χ4n) is 2.80. The van der Waals surface area contributed by atoms with Gasteiger partial charge in [0.15, 0.2) is 0 Å². The molecule has 1 aliphatic rings. The molecule has 0 N–H and O–H groups in total. The molecule has 3 rings (SSSR count). The van der Waals surface area contributed by atoms with Gasteiger partial charge in [-0.05, 0) is 62.1 Å². The van der Waals surface area contributed by atoms with Crippen LogP contribution in [0.1, 0.15) is 24.8 Å². The van der Waals surface area contributed by atoms with E-state index in [0.717, 1.165) is 0 Å². The monoisotopic (exact) mass is 240 g/mol. The number of aryl methyl sites for hydroxylation is 1. The molecule has 2 heteroatoms. The van der Waals surface area contributed by atoms with Crippen molar-refractivity contribution >= 4 is 5.69 Å². The van der Waals surface area contributed by atoms with Gasteiger partial charge >= 0.3 is 0 Å². The smallest absolute Gasteiger partial charge is 0.0453 e. The molecule has 0 aliphatic carbocycles. The van der Waals surface area contributed by atoms with Crippen LogP contribution in [-0.2, 0) is 0 Å². The van der Waals surface area contributed by atoms with Crippen molar-refractivity contribution in [3.05, 3.63) is 48.3 Å². The lowest BCUT2D eigenvalue weighted by Gasteiger charge is -2.30. The summed E-state index contributed by atoms with van der Waals surface area (Å²) in [7, 11) is 0. The second-order valence-electron chi connectivity index (χ2n) is 5.11. The minimum atomic E-state index is 1.21. The molecule has 2 heterocycles. The van der Waals surface area contributed by atoms with Crippen molar-refractivity contribution < 1.29 is 0 Å². The Morgan fingerprint density at radius 3 is 2.33 bits per heavy atom. The van der Waals surface area contributed by atoms with Gasteiger partial charge in [-0.25, -0.2) is 0 Å². The van der Waals surface area contributed by atoms with Gasteiger partial charge in [-0.15, -0.1) is 0 Å². The van der Waals surface area contributed by atoms with E-state index in [1.165, 1.54) is 49.3 Å². The number of benzene rings is 1. The zero-order valence-electron chi connectivity index (χ0n) is 11.0. The lowest BCUT2D eigenvalue weighted by atomic mass is 10.1. The van der Waals surface area contributed by atoms with Gasteiger partial charge in [-0.1, -0.05) is 0 Å². The van der Waals surface area contributed by atoms with Crippen molar-refractivity contribution in [1.82, 2.24) is 4.57 Å². The molecule has 1 fully saturated rings. The van der Waals surface area contributed by atoms with Gasteiger partial charge in [0, 0.05) is 36.9 Å². The Hall–Kier alpha value is -1.70. The lowest BCUT2D eigenvalue weighted by Crippen LogP contribution is -2.29. The average Bonchev–Trinajstić information content (AvgIpc) is 2.93. The third-order valence-corrected chi connectivity index (χ3v) is 3.78. The summed E-state index contributed by atoms with van der Waals surface area (Å²) in [6, 6.07) is 10.9. The lowest BCUT2D eigenvalue weighted by molar-refractivity contribution is 0.577. The molecule has 94 valence electrons. The third kappa shape index (κ3) is 2.15. The highest BCUT2D eigenvalue weighted by Crippen LogP contribution is 2.25. The van der Waals surface area contributed by atoms with Crippen molar-refractivity contribution in [2.45, 2.75) is 26.2 Å². The van der Waals surface area contributed by atoms with Crippen LogP contribution in [0.5, 0.6) is 0 Å². The molecule has 1 aromatic carbocycles. The van der Waals surface area contributed by atoms with Crippen LogP contribution in [0.4, 0.5) is 5.69 Å². The summed E-state index contributed by atoms with van der Waals surface area (Å²) >= 11 is 0. The normalized spacial score (nSPS) is 15.9. The molecule has 0 saturated carbocycles. The second-order valence-corrected chi connectivity index (χ2v) is 5.11. The zero-order valence-corrected chi connectivity index (χ0v) is 11.0. The Morgan fingerprint density at radius 2 is 1.67 bits per heavy atom. The number of nitrogens with zero attached hydrogens (tertiary/aromatic N) is 2. The van der Waals surface area contributed by atoms with Gasteiger partial charge in [0.25, 0.3) is 0 Å². The molecule has 1 aliphatic heterocycles. The van der Waals surface area contributed by atoms with E-state index < -0.39 is 0 Å². The van der Waals surface area contributed by atoms with Crippen molar-refractivity contribution in [2.75, 3.05) is 18.0 Å². The number of anilines is 1. The average molecular weight is 240 g/mol. The van der Waals surface area contributed by atoms with Gasteiger partial charge in [-0.2, -0.15) is 0 Å². The zero-order chi connectivity index (χ0) is 12.4. The van der Waals surface area contributed by atoms with Gasteiger partial charge in [0.1, 0.15) is 0 Å². The van der Waals surface area contributed by atoms with Crippen molar-refractivity contribution in [3.63, 3.8) is 0 Å². The highest BCUT2D eigenvalue weighted by atomic mass is 15.1. The first-order chi connectivity index (χ1) is 8.84. The minimum Gasteiger partial charge on any atom is -0.371 e. The SMILES string of the molecule is Cc1cc(-n2cccc2)ccc1N1CCCCC1. The number of piperidine rings is 1.